The summed E-state index contributed by atoms with van der Waals surface area (Å²) in [6.07, 6.45) is 3.18. The Morgan fingerprint density at radius 1 is 1.65 bits per heavy atom. The molecule has 0 amide bonds. The molecule has 2 N–H and O–H groups in total. The predicted molar refractivity (Wildman–Crippen MR) is 68.6 cm³/mol. The van der Waals surface area contributed by atoms with Gasteiger partial charge in [-0.3, -0.25) is 0 Å². The molecule has 1 aromatic heterocycles. The Hall–Kier alpha value is -0.530. The van der Waals surface area contributed by atoms with Crippen molar-refractivity contribution in [2.75, 3.05) is 18.1 Å². The van der Waals surface area contributed by atoms with E-state index in [0.717, 1.165) is 17.9 Å². The third-order valence-electron chi connectivity index (χ3n) is 2.82. The highest BCUT2D eigenvalue weighted by Crippen LogP contribution is 2.22. The second-order valence-corrected chi connectivity index (χ2v) is 7.01. The molecule has 1 fully saturated rings. The molecule has 2 rings (SSSR count). The summed E-state index contributed by atoms with van der Waals surface area (Å²) in [6, 6.07) is 0. The minimum Gasteiger partial charge on any atom is -0.332 e. The molecule has 0 bridgehead atoms. The standard InChI is InChI=1S/C10H17N3O2S2/c1-2-9-11-6-10(13-9)17(14,15)12-5-8-3-4-16-7-8/h6,8,12H,2-5,7H2,1H3,(H,11,13). The van der Waals surface area contributed by atoms with Gasteiger partial charge in [-0.25, -0.2) is 18.1 Å². The lowest BCUT2D eigenvalue weighted by Gasteiger charge is -2.09. The second-order valence-electron chi connectivity index (χ2n) is 4.13. The molecule has 0 spiro atoms. The van der Waals surface area contributed by atoms with Gasteiger partial charge in [0.05, 0.1) is 6.20 Å². The molecular formula is C10H17N3O2S2. The molecule has 0 aromatic carbocycles. The van der Waals surface area contributed by atoms with Crippen LogP contribution in [-0.4, -0.2) is 36.4 Å². The van der Waals surface area contributed by atoms with Gasteiger partial charge in [-0.1, -0.05) is 6.92 Å². The van der Waals surface area contributed by atoms with Crippen LogP contribution in [0, 0.1) is 5.92 Å². The highest BCUT2D eigenvalue weighted by atomic mass is 32.2. The normalized spacial score (nSPS) is 20.9. The fourth-order valence-electron chi connectivity index (χ4n) is 1.71. The highest BCUT2D eigenvalue weighted by Gasteiger charge is 2.21. The molecule has 1 atom stereocenters. The van der Waals surface area contributed by atoms with E-state index in [4.69, 9.17) is 0 Å². The first-order chi connectivity index (χ1) is 8.12. The van der Waals surface area contributed by atoms with Gasteiger partial charge in [0.15, 0.2) is 5.03 Å². The van der Waals surface area contributed by atoms with Gasteiger partial charge in [-0.05, 0) is 23.8 Å². The van der Waals surface area contributed by atoms with E-state index in [9.17, 15) is 8.42 Å². The molecule has 2 heterocycles. The number of hydrogen-bond acceptors (Lipinski definition) is 4. The van der Waals surface area contributed by atoms with Crippen LogP contribution in [0.15, 0.2) is 11.2 Å². The molecule has 96 valence electrons. The van der Waals surface area contributed by atoms with E-state index in [1.807, 2.05) is 18.7 Å². The Labute approximate surface area is 106 Å². The average Bonchev–Trinajstić information content (AvgIpc) is 2.98. The third kappa shape index (κ3) is 3.23. The number of imidazole rings is 1. The first-order valence-electron chi connectivity index (χ1n) is 5.73. The maximum absolute atomic E-state index is 11.9. The zero-order chi connectivity index (χ0) is 12.3. The molecule has 17 heavy (non-hydrogen) atoms. The van der Waals surface area contributed by atoms with Crippen LogP contribution in [0.3, 0.4) is 0 Å². The van der Waals surface area contributed by atoms with Gasteiger partial charge in [0.25, 0.3) is 10.0 Å². The SMILES string of the molecule is CCc1ncc(S(=O)(=O)NCC2CCSC2)[nH]1. The minimum atomic E-state index is -3.41. The molecule has 1 unspecified atom stereocenters. The van der Waals surface area contributed by atoms with Crippen LogP contribution < -0.4 is 4.72 Å². The van der Waals surface area contributed by atoms with Gasteiger partial charge in [0.1, 0.15) is 5.82 Å². The van der Waals surface area contributed by atoms with Gasteiger partial charge < -0.3 is 4.98 Å². The molecule has 1 aliphatic heterocycles. The maximum atomic E-state index is 11.9. The molecule has 0 radical (unpaired) electrons. The number of H-pyrrole nitrogens is 1. The lowest BCUT2D eigenvalue weighted by atomic mass is 10.1. The van der Waals surface area contributed by atoms with Crippen molar-refractivity contribution in [1.29, 1.82) is 0 Å². The van der Waals surface area contributed by atoms with Crippen molar-refractivity contribution in [3.8, 4) is 0 Å². The smallest absolute Gasteiger partial charge is 0.257 e. The zero-order valence-electron chi connectivity index (χ0n) is 9.77. The van der Waals surface area contributed by atoms with Crippen molar-refractivity contribution < 1.29 is 8.42 Å². The Bertz CT molecular complexity index is 464. The lowest BCUT2D eigenvalue weighted by Crippen LogP contribution is -2.29. The molecular weight excluding hydrogens is 258 g/mol. The fourth-order valence-corrected chi connectivity index (χ4v) is 4.05. The molecule has 1 aliphatic rings. The summed E-state index contributed by atoms with van der Waals surface area (Å²) < 4.78 is 26.5. The summed E-state index contributed by atoms with van der Waals surface area (Å²) in [5.74, 6) is 3.34. The lowest BCUT2D eigenvalue weighted by molar-refractivity contribution is 0.543. The number of rotatable bonds is 5. The number of hydrogen-bond donors (Lipinski definition) is 2. The van der Waals surface area contributed by atoms with E-state index in [1.54, 1.807) is 0 Å². The number of nitrogens with one attached hydrogen (secondary N) is 2. The topological polar surface area (TPSA) is 74.8 Å². The van der Waals surface area contributed by atoms with Crippen LogP contribution in [0.5, 0.6) is 0 Å². The van der Waals surface area contributed by atoms with E-state index in [0.29, 0.717) is 24.7 Å². The number of aryl methyl sites for hydroxylation is 1. The van der Waals surface area contributed by atoms with E-state index in [2.05, 4.69) is 14.7 Å². The van der Waals surface area contributed by atoms with Crippen molar-refractivity contribution in [2.45, 2.75) is 24.8 Å². The van der Waals surface area contributed by atoms with Gasteiger partial charge in [0, 0.05) is 13.0 Å². The van der Waals surface area contributed by atoms with E-state index in [1.165, 1.54) is 6.20 Å². The van der Waals surface area contributed by atoms with Gasteiger partial charge in [-0.2, -0.15) is 11.8 Å². The summed E-state index contributed by atoms with van der Waals surface area (Å²) in [6.45, 7) is 2.45. The van der Waals surface area contributed by atoms with Crippen molar-refractivity contribution >= 4 is 21.8 Å². The molecule has 7 heteroatoms. The summed E-state index contributed by atoms with van der Waals surface area (Å²) in [5.41, 5.74) is 0. The second kappa shape index (κ2) is 5.41. The number of aromatic amines is 1. The van der Waals surface area contributed by atoms with Gasteiger partial charge in [-0.15, -0.1) is 0 Å². The number of sulfonamides is 1. The van der Waals surface area contributed by atoms with Crippen molar-refractivity contribution in [2.24, 2.45) is 5.92 Å². The number of thioether (sulfide) groups is 1. The summed E-state index contributed by atoms with van der Waals surface area (Å²) in [5, 5.41) is 0.167. The first kappa shape index (κ1) is 12.9. The molecule has 0 saturated carbocycles. The third-order valence-corrected chi connectivity index (χ3v) is 5.38. The predicted octanol–water partition coefficient (Wildman–Crippen LogP) is 1.00. The van der Waals surface area contributed by atoms with Crippen LogP contribution in [0.4, 0.5) is 0 Å². The minimum absolute atomic E-state index is 0.167. The largest absolute Gasteiger partial charge is 0.332 e. The number of aromatic nitrogens is 2. The molecule has 1 aromatic rings. The average molecular weight is 275 g/mol. The van der Waals surface area contributed by atoms with Crippen LogP contribution in [0.1, 0.15) is 19.2 Å². The monoisotopic (exact) mass is 275 g/mol. The Balaban J connectivity index is 1.97. The summed E-state index contributed by atoms with van der Waals surface area (Å²) in [4.78, 5) is 6.81. The van der Waals surface area contributed by atoms with Crippen molar-refractivity contribution in [3.05, 3.63) is 12.0 Å². The van der Waals surface area contributed by atoms with Crippen molar-refractivity contribution in [1.82, 2.24) is 14.7 Å². The quantitative estimate of drug-likeness (QED) is 0.841. The summed E-state index contributed by atoms with van der Waals surface area (Å²) in [7, 11) is -3.41. The molecule has 5 nitrogen and oxygen atoms in total. The Morgan fingerprint density at radius 2 is 2.47 bits per heavy atom. The molecule has 1 saturated heterocycles. The first-order valence-corrected chi connectivity index (χ1v) is 8.37. The Kier molecular flexibility index (Phi) is 4.11. The highest BCUT2D eigenvalue weighted by molar-refractivity contribution is 7.99. The van der Waals surface area contributed by atoms with E-state index < -0.39 is 10.0 Å². The Morgan fingerprint density at radius 3 is 3.06 bits per heavy atom. The maximum Gasteiger partial charge on any atom is 0.257 e. The van der Waals surface area contributed by atoms with Crippen LogP contribution in [-0.2, 0) is 16.4 Å². The van der Waals surface area contributed by atoms with Crippen LogP contribution >= 0.6 is 11.8 Å². The van der Waals surface area contributed by atoms with E-state index in [-0.39, 0.29) is 5.03 Å². The fraction of sp³-hybridized carbons (Fsp3) is 0.700. The summed E-state index contributed by atoms with van der Waals surface area (Å²) >= 11 is 1.88. The van der Waals surface area contributed by atoms with Gasteiger partial charge >= 0.3 is 0 Å². The zero-order valence-corrected chi connectivity index (χ0v) is 11.4. The van der Waals surface area contributed by atoms with E-state index >= 15 is 0 Å². The molecule has 0 aliphatic carbocycles. The van der Waals surface area contributed by atoms with Crippen molar-refractivity contribution in [3.63, 3.8) is 0 Å². The van der Waals surface area contributed by atoms with Crippen LogP contribution in [0.25, 0.3) is 0 Å². The number of nitrogens with zero attached hydrogens (tertiary/aromatic N) is 1. The van der Waals surface area contributed by atoms with Gasteiger partial charge in [0.2, 0.25) is 0 Å². The van der Waals surface area contributed by atoms with Crippen LogP contribution in [0.2, 0.25) is 0 Å².